The summed E-state index contributed by atoms with van der Waals surface area (Å²) < 4.78 is 13.8. The molecule has 2 aromatic carbocycles. The maximum atomic E-state index is 14.5. The van der Waals surface area contributed by atoms with Gasteiger partial charge >= 0.3 is 0 Å². The molecule has 3 fully saturated rings. The van der Waals surface area contributed by atoms with Gasteiger partial charge in [-0.2, -0.15) is 0 Å². The van der Waals surface area contributed by atoms with Crippen LogP contribution in [0.2, 0.25) is 0 Å². The lowest BCUT2D eigenvalue weighted by Gasteiger charge is -2.36. The highest BCUT2D eigenvalue weighted by Gasteiger charge is 2.74. The molecule has 12 nitrogen and oxygen atoms in total. The van der Waals surface area contributed by atoms with Crippen LogP contribution in [-0.4, -0.2) is 98.2 Å². The molecule has 5 atom stereocenters. The Bertz CT molecular complexity index is 1610. The molecule has 3 aliphatic rings. The molecule has 12 heteroatoms. The zero-order valence-corrected chi connectivity index (χ0v) is 25.3. The summed E-state index contributed by atoms with van der Waals surface area (Å²) in [5, 5.41) is 18.4. The van der Waals surface area contributed by atoms with Crippen LogP contribution in [0.3, 0.4) is 0 Å². The number of anilines is 1. The normalized spacial score (nSPS) is 24.9. The van der Waals surface area contributed by atoms with Crippen LogP contribution in [0.1, 0.15) is 19.8 Å². The minimum Gasteiger partial charge on any atom is -0.494 e. The molecule has 2 bridgehead atoms. The number of amides is 3. The Morgan fingerprint density at radius 1 is 1.13 bits per heavy atom. The number of aliphatic hydroxyl groups is 1. The predicted molar refractivity (Wildman–Crippen MR) is 166 cm³/mol. The van der Waals surface area contributed by atoms with Gasteiger partial charge in [0.1, 0.15) is 29.6 Å². The number of rotatable bonds is 13. The number of fused-ring (bicyclic) bond motifs is 2. The van der Waals surface area contributed by atoms with Gasteiger partial charge in [0.05, 0.1) is 36.7 Å². The Labute approximate surface area is 261 Å². The predicted octanol–water partition coefficient (Wildman–Crippen LogP) is 2.39. The Balaban J connectivity index is 1.33. The number of para-hydroxylation sites is 1. The fraction of sp³-hybridized carbons (Fsp3) is 0.424. The van der Waals surface area contributed by atoms with Gasteiger partial charge in [-0.1, -0.05) is 29.5 Å². The molecule has 0 aliphatic carbocycles. The molecule has 3 aliphatic heterocycles. The van der Waals surface area contributed by atoms with E-state index in [0.717, 1.165) is 5.52 Å². The topological polar surface area (TPSA) is 130 Å². The van der Waals surface area contributed by atoms with Crippen molar-refractivity contribution in [2.24, 2.45) is 11.8 Å². The summed E-state index contributed by atoms with van der Waals surface area (Å²) >= 11 is 0. The number of hydrogen-bond donors (Lipinski definition) is 1. The molecule has 236 valence electrons. The molecule has 3 saturated heterocycles. The summed E-state index contributed by atoms with van der Waals surface area (Å²) in [5.74, 6) is -1.98. The molecule has 3 amide bonds. The van der Waals surface area contributed by atoms with Crippen LogP contribution in [0.5, 0.6) is 5.75 Å². The zero-order chi connectivity index (χ0) is 31.7. The van der Waals surface area contributed by atoms with E-state index in [9.17, 15) is 19.5 Å². The van der Waals surface area contributed by atoms with Crippen molar-refractivity contribution in [1.82, 2.24) is 24.8 Å². The number of aromatic nitrogens is 3. The highest BCUT2D eigenvalue weighted by molar-refractivity contribution is 6.03. The first-order valence-corrected chi connectivity index (χ1v) is 15.3. The second kappa shape index (κ2) is 12.4. The lowest BCUT2D eigenvalue weighted by molar-refractivity contribution is -0.149. The van der Waals surface area contributed by atoms with E-state index in [4.69, 9.17) is 9.47 Å². The van der Waals surface area contributed by atoms with E-state index >= 15 is 0 Å². The Morgan fingerprint density at radius 3 is 2.60 bits per heavy atom. The van der Waals surface area contributed by atoms with Crippen LogP contribution in [0.4, 0.5) is 5.69 Å². The van der Waals surface area contributed by atoms with Crippen molar-refractivity contribution in [1.29, 1.82) is 0 Å². The molecule has 1 aromatic heterocycles. The second-order valence-corrected chi connectivity index (χ2v) is 11.5. The van der Waals surface area contributed by atoms with Gasteiger partial charge in [-0.05, 0) is 56.2 Å². The number of ether oxygens (including phenoxy) is 2. The average molecular weight is 615 g/mol. The SMILES string of the molecule is C=CCN(Cn1nnc2ccccc21)C(=O)C1N(CCO)C(=O)[C@@H]2[C@@H](C(=O)N(CC=C)c3ccc(OCC)cc3)[C@H]3CCC12O3. The highest BCUT2D eigenvalue weighted by Crippen LogP contribution is 2.59. The van der Waals surface area contributed by atoms with Gasteiger partial charge in [0, 0.05) is 25.3 Å². The number of carbonyl (C=O) groups excluding carboxylic acids is 3. The molecule has 2 unspecified atom stereocenters. The molecule has 0 saturated carbocycles. The number of β-amino-alcohol motifs (C(OH)–C–C–N with tert-alkyl or cyclic N) is 1. The summed E-state index contributed by atoms with van der Waals surface area (Å²) in [4.78, 5) is 47.6. The number of carbonyl (C=O) groups is 3. The molecular formula is C33H38N6O6. The lowest BCUT2D eigenvalue weighted by Crippen LogP contribution is -2.57. The van der Waals surface area contributed by atoms with Gasteiger partial charge in [0.25, 0.3) is 0 Å². The number of aliphatic hydroxyl groups excluding tert-OH is 1. The molecule has 4 heterocycles. The van der Waals surface area contributed by atoms with Gasteiger partial charge in [-0.3, -0.25) is 14.4 Å². The maximum absolute atomic E-state index is 14.5. The van der Waals surface area contributed by atoms with Crippen LogP contribution in [0.25, 0.3) is 11.0 Å². The van der Waals surface area contributed by atoms with E-state index in [-0.39, 0.29) is 50.6 Å². The van der Waals surface area contributed by atoms with Crippen molar-refractivity contribution >= 4 is 34.4 Å². The number of nitrogens with zero attached hydrogens (tertiary/aromatic N) is 6. The zero-order valence-electron chi connectivity index (χ0n) is 25.3. The van der Waals surface area contributed by atoms with Crippen molar-refractivity contribution < 1.29 is 29.0 Å². The first-order chi connectivity index (χ1) is 21.9. The van der Waals surface area contributed by atoms with Crippen LogP contribution in [-0.2, 0) is 25.8 Å². The standard InChI is InChI=1S/C33H38N6O6/c1-4-17-36(21-39-25-10-8-7-9-24(25)34-35-39)32(43)29-33-16-15-26(45-33)27(28(33)31(42)38(29)19-20-40)30(41)37(18-5-2)22-11-13-23(14-12-22)44-6-3/h4-5,7-14,26-29,40H,1-2,6,15-21H2,3H3/t26-,27+,28+,29?,33?/m1/s1. The van der Waals surface area contributed by atoms with E-state index in [0.29, 0.717) is 36.4 Å². The molecular weight excluding hydrogens is 576 g/mol. The van der Waals surface area contributed by atoms with Crippen molar-refractivity contribution in [2.75, 3.05) is 37.7 Å². The number of hydrogen-bond acceptors (Lipinski definition) is 8. The monoisotopic (exact) mass is 614 g/mol. The third-order valence-corrected chi connectivity index (χ3v) is 9.08. The van der Waals surface area contributed by atoms with E-state index in [2.05, 4.69) is 23.5 Å². The lowest BCUT2D eigenvalue weighted by atomic mass is 9.70. The quantitative estimate of drug-likeness (QED) is 0.291. The van der Waals surface area contributed by atoms with E-state index in [1.165, 1.54) is 4.90 Å². The summed E-state index contributed by atoms with van der Waals surface area (Å²) in [7, 11) is 0. The number of benzene rings is 2. The fourth-order valence-electron chi connectivity index (χ4n) is 7.31. The fourth-order valence-corrected chi connectivity index (χ4v) is 7.31. The average Bonchev–Trinajstić information content (AvgIpc) is 3.80. The van der Waals surface area contributed by atoms with Gasteiger partial charge < -0.3 is 29.3 Å². The number of likely N-dealkylation sites (tertiary alicyclic amines) is 1. The van der Waals surface area contributed by atoms with Crippen LogP contribution in [0, 0.1) is 11.8 Å². The molecule has 0 radical (unpaired) electrons. The highest BCUT2D eigenvalue weighted by atomic mass is 16.5. The van der Waals surface area contributed by atoms with Crippen molar-refractivity contribution in [3.8, 4) is 5.75 Å². The first-order valence-electron chi connectivity index (χ1n) is 15.3. The molecule has 45 heavy (non-hydrogen) atoms. The molecule has 1 spiro atoms. The minimum atomic E-state index is -1.21. The Hall–Kier alpha value is -4.55. The van der Waals surface area contributed by atoms with Gasteiger partial charge in [-0.15, -0.1) is 18.3 Å². The Kier molecular flexibility index (Phi) is 8.43. The van der Waals surface area contributed by atoms with Gasteiger partial charge in [-0.25, -0.2) is 4.68 Å². The van der Waals surface area contributed by atoms with Crippen molar-refractivity contribution in [3.63, 3.8) is 0 Å². The van der Waals surface area contributed by atoms with Crippen LogP contribution >= 0.6 is 0 Å². The third-order valence-electron chi connectivity index (χ3n) is 9.08. The van der Waals surface area contributed by atoms with Crippen molar-refractivity contribution in [2.45, 2.75) is 44.2 Å². The van der Waals surface area contributed by atoms with Crippen molar-refractivity contribution in [3.05, 3.63) is 73.8 Å². The third kappa shape index (κ3) is 5.07. The van der Waals surface area contributed by atoms with Crippen LogP contribution in [0.15, 0.2) is 73.8 Å². The summed E-state index contributed by atoms with van der Waals surface area (Å²) in [6.07, 6.45) is 3.69. The van der Waals surface area contributed by atoms with Crippen LogP contribution < -0.4 is 9.64 Å². The summed E-state index contributed by atoms with van der Waals surface area (Å²) in [6, 6.07) is 13.6. The molecule has 6 rings (SSSR count). The second-order valence-electron chi connectivity index (χ2n) is 11.5. The largest absolute Gasteiger partial charge is 0.494 e. The van der Waals surface area contributed by atoms with E-state index in [1.807, 2.05) is 31.2 Å². The maximum Gasteiger partial charge on any atom is 0.250 e. The van der Waals surface area contributed by atoms with E-state index in [1.54, 1.807) is 50.9 Å². The summed E-state index contributed by atoms with van der Waals surface area (Å²) in [6.45, 7) is 10.2. The minimum absolute atomic E-state index is 0.0636. The Morgan fingerprint density at radius 2 is 1.89 bits per heavy atom. The smallest absolute Gasteiger partial charge is 0.250 e. The van der Waals surface area contributed by atoms with Gasteiger partial charge in [0.2, 0.25) is 17.7 Å². The molecule has 3 aromatic rings. The van der Waals surface area contributed by atoms with E-state index < -0.39 is 29.6 Å². The summed E-state index contributed by atoms with van der Waals surface area (Å²) in [5.41, 5.74) is 0.876. The molecule has 1 N–H and O–H groups in total. The first kappa shape index (κ1) is 30.5. The van der Waals surface area contributed by atoms with Gasteiger partial charge in [0.15, 0.2) is 0 Å².